The van der Waals surface area contributed by atoms with Crippen molar-refractivity contribution >= 4 is 43.4 Å². The molecular formula is C27H18N2. The maximum atomic E-state index is 5.14. The minimum absolute atomic E-state index is 0.951. The first-order chi connectivity index (χ1) is 14.3. The Kier molecular flexibility index (Phi) is 3.41. The summed E-state index contributed by atoms with van der Waals surface area (Å²) in [4.78, 5) is 9.76. The molecule has 0 aliphatic rings. The van der Waals surface area contributed by atoms with Crippen LogP contribution in [0.15, 0.2) is 91.1 Å². The quantitative estimate of drug-likeness (QED) is 0.229. The molecule has 2 nitrogen and oxygen atoms in total. The molecule has 0 unspecified atom stereocenters. The van der Waals surface area contributed by atoms with Gasteiger partial charge in [-0.25, -0.2) is 4.98 Å². The summed E-state index contributed by atoms with van der Waals surface area (Å²) < 4.78 is 0. The smallest absolute Gasteiger partial charge is 0.0972 e. The van der Waals surface area contributed by atoms with Crippen molar-refractivity contribution < 1.29 is 0 Å². The van der Waals surface area contributed by atoms with Crippen LogP contribution in [0.3, 0.4) is 0 Å². The second-order valence-corrected chi connectivity index (χ2v) is 7.50. The fourth-order valence-corrected chi connectivity index (χ4v) is 4.49. The Bertz CT molecular complexity index is 1510. The van der Waals surface area contributed by atoms with Gasteiger partial charge in [-0.05, 0) is 46.2 Å². The number of aromatic nitrogens is 2. The zero-order chi connectivity index (χ0) is 19.4. The van der Waals surface area contributed by atoms with Crippen LogP contribution in [-0.2, 0) is 0 Å². The Hall–Kier alpha value is -3.78. The molecule has 0 spiro atoms. The third-order valence-electron chi connectivity index (χ3n) is 5.89. The molecule has 6 aromatic rings. The maximum Gasteiger partial charge on any atom is 0.0972 e. The average molecular weight is 370 g/mol. The predicted octanol–water partition coefficient (Wildman–Crippen LogP) is 7.06. The molecule has 2 heteroatoms. The number of rotatable bonds is 1. The second kappa shape index (κ2) is 6.11. The van der Waals surface area contributed by atoms with Gasteiger partial charge in [-0.1, -0.05) is 72.8 Å². The molecule has 0 N–H and O–H groups in total. The number of benzene rings is 4. The summed E-state index contributed by atoms with van der Waals surface area (Å²) in [5, 5.41) is 7.26. The molecule has 0 bridgehead atoms. The Morgan fingerprint density at radius 2 is 1.14 bits per heavy atom. The monoisotopic (exact) mass is 370 g/mol. The van der Waals surface area contributed by atoms with E-state index in [1.165, 1.54) is 32.7 Å². The molecule has 2 heterocycles. The van der Waals surface area contributed by atoms with Crippen molar-refractivity contribution in [2.45, 2.75) is 6.92 Å². The van der Waals surface area contributed by atoms with Crippen molar-refractivity contribution in [3.8, 4) is 11.3 Å². The lowest BCUT2D eigenvalue weighted by Gasteiger charge is -2.15. The van der Waals surface area contributed by atoms with E-state index in [0.29, 0.717) is 0 Å². The SMILES string of the molecule is Cc1c2ccccc2c(-c2ccc3ccc4cccnc4c3n2)c2ccccc12. The van der Waals surface area contributed by atoms with Crippen molar-refractivity contribution in [2.24, 2.45) is 0 Å². The second-order valence-electron chi connectivity index (χ2n) is 7.50. The molecule has 0 radical (unpaired) electrons. The van der Waals surface area contributed by atoms with E-state index in [-0.39, 0.29) is 0 Å². The van der Waals surface area contributed by atoms with E-state index in [4.69, 9.17) is 4.98 Å². The van der Waals surface area contributed by atoms with E-state index in [0.717, 1.165) is 27.5 Å². The lowest BCUT2D eigenvalue weighted by atomic mass is 9.90. The van der Waals surface area contributed by atoms with Crippen LogP contribution >= 0.6 is 0 Å². The molecule has 2 aromatic heterocycles. The molecule has 0 amide bonds. The van der Waals surface area contributed by atoms with Crippen LogP contribution in [0.25, 0.3) is 54.6 Å². The molecule has 6 rings (SSSR count). The summed E-state index contributed by atoms with van der Waals surface area (Å²) in [5.41, 5.74) is 5.40. The number of aryl methyl sites for hydroxylation is 1. The van der Waals surface area contributed by atoms with E-state index in [2.05, 4.69) is 90.8 Å². The minimum Gasteiger partial charge on any atom is -0.254 e. The first-order valence-electron chi connectivity index (χ1n) is 9.86. The summed E-state index contributed by atoms with van der Waals surface area (Å²) in [5.74, 6) is 0. The topological polar surface area (TPSA) is 25.8 Å². The zero-order valence-electron chi connectivity index (χ0n) is 16.1. The van der Waals surface area contributed by atoms with E-state index in [1.807, 2.05) is 12.3 Å². The highest BCUT2D eigenvalue weighted by Gasteiger charge is 2.14. The molecule has 0 saturated carbocycles. The van der Waals surface area contributed by atoms with Crippen LogP contribution in [0.1, 0.15) is 5.56 Å². The molecule has 0 aliphatic carbocycles. The van der Waals surface area contributed by atoms with Gasteiger partial charge in [-0.15, -0.1) is 0 Å². The highest BCUT2D eigenvalue weighted by atomic mass is 14.8. The molecule has 4 aromatic carbocycles. The standard InChI is InChI=1S/C27H18N2/c1-17-20-8-2-4-10-22(20)25(23-11-5-3-9-21(17)23)24-15-14-19-13-12-18-7-6-16-28-26(18)27(19)29-24/h2-16H,1H3. The van der Waals surface area contributed by atoms with Crippen molar-refractivity contribution in [1.29, 1.82) is 0 Å². The third kappa shape index (κ3) is 2.36. The lowest BCUT2D eigenvalue weighted by molar-refractivity contribution is 1.38. The Morgan fingerprint density at radius 3 is 1.83 bits per heavy atom. The van der Waals surface area contributed by atoms with Gasteiger partial charge in [0.25, 0.3) is 0 Å². The van der Waals surface area contributed by atoms with Crippen LogP contribution in [0.5, 0.6) is 0 Å². The van der Waals surface area contributed by atoms with Gasteiger partial charge in [-0.2, -0.15) is 0 Å². The molecule has 136 valence electrons. The van der Waals surface area contributed by atoms with Gasteiger partial charge >= 0.3 is 0 Å². The average Bonchev–Trinajstić information content (AvgIpc) is 2.79. The molecule has 0 fully saturated rings. The summed E-state index contributed by atoms with van der Waals surface area (Å²) in [6.45, 7) is 2.21. The Morgan fingerprint density at radius 1 is 0.552 bits per heavy atom. The van der Waals surface area contributed by atoms with Gasteiger partial charge in [0.2, 0.25) is 0 Å². The molecule has 0 atom stereocenters. The summed E-state index contributed by atoms with van der Waals surface area (Å²) in [6, 6.07) is 29.9. The van der Waals surface area contributed by atoms with Gasteiger partial charge in [0.15, 0.2) is 0 Å². The number of hydrogen-bond donors (Lipinski definition) is 0. The number of nitrogens with zero attached hydrogens (tertiary/aromatic N) is 2. The van der Waals surface area contributed by atoms with Crippen LogP contribution in [0, 0.1) is 6.92 Å². The third-order valence-corrected chi connectivity index (χ3v) is 5.89. The molecule has 29 heavy (non-hydrogen) atoms. The predicted molar refractivity (Wildman–Crippen MR) is 122 cm³/mol. The van der Waals surface area contributed by atoms with Crippen molar-refractivity contribution in [1.82, 2.24) is 9.97 Å². The molecule has 0 saturated heterocycles. The normalized spacial score (nSPS) is 11.6. The fourth-order valence-electron chi connectivity index (χ4n) is 4.49. The van der Waals surface area contributed by atoms with Crippen LogP contribution in [0.4, 0.5) is 0 Å². The van der Waals surface area contributed by atoms with E-state index in [9.17, 15) is 0 Å². The summed E-state index contributed by atoms with van der Waals surface area (Å²) >= 11 is 0. The van der Waals surface area contributed by atoms with Gasteiger partial charge < -0.3 is 0 Å². The fraction of sp³-hybridized carbons (Fsp3) is 0.0370. The van der Waals surface area contributed by atoms with E-state index in [1.54, 1.807) is 0 Å². The molecular weight excluding hydrogens is 352 g/mol. The van der Waals surface area contributed by atoms with Crippen LogP contribution < -0.4 is 0 Å². The van der Waals surface area contributed by atoms with Gasteiger partial charge in [0, 0.05) is 22.5 Å². The summed E-state index contributed by atoms with van der Waals surface area (Å²) in [6.07, 6.45) is 1.84. The molecule has 0 aliphatic heterocycles. The number of hydrogen-bond acceptors (Lipinski definition) is 2. The van der Waals surface area contributed by atoms with Crippen LogP contribution in [0.2, 0.25) is 0 Å². The first-order valence-corrected chi connectivity index (χ1v) is 9.86. The van der Waals surface area contributed by atoms with Gasteiger partial charge in [0.05, 0.1) is 16.7 Å². The first kappa shape index (κ1) is 16.2. The number of fused-ring (bicyclic) bond motifs is 5. The zero-order valence-corrected chi connectivity index (χ0v) is 16.1. The van der Waals surface area contributed by atoms with Gasteiger partial charge in [0.1, 0.15) is 0 Å². The summed E-state index contributed by atoms with van der Waals surface area (Å²) in [7, 11) is 0. The minimum atomic E-state index is 0.951. The number of pyridine rings is 2. The Balaban J connectivity index is 1.79. The maximum absolute atomic E-state index is 5.14. The largest absolute Gasteiger partial charge is 0.254 e. The highest BCUT2D eigenvalue weighted by molar-refractivity contribution is 6.15. The van der Waals surface area contributed by atoms with E-state index < -0.39 is 0 Å². The van der Waals surface area contributed by atoms with E-state index >= 15 is 0 Å². The Labute approximate surface area is 168 Å². The van der Waals surface area contributed by atoms with Crippen molar-refractivity contribution in [3.63, 3.8) is 0 Å². The van der Waals surface area contributed by atoms with Crippen molar-refractivity contribution in [3.05, 3.63) is 96.7 Å². The highest BCUT2D eigenvalue weighted by Crippen LogP contribution is 2.39. The van der Waals surface area contributed by atoms with Crippen molar-refractivity contribution in [2.75, 3.05) is 0 Å². The lowest BCUT2D eigenvalue weighted by Crippen LogP contribution is -1.93. The van der Waals surface area contributed by atoms with Crippen LogP contribution in [-0.4, -0.2) is 9.97 Å². The van der Waals surface area contributed by atoms with Gasteiger partial charge in [-0.3, -0.25) is 4.98 Å².